The van der Waals surface area contributed by atoms with Crippen molar-refractivity contribution in [2.45, 2.75) is 219 Å². The first kappa shape index (κ1) is 52.3. The number of hydrogen-bond donors (Lipinski definition) is 0. The zero-order chi connectivity index (χ0) is 44.0. The highest BCUT2D eigenvalue weighted by molar-refractivity contribution is 5.84. The van der Waals surface area contributed by atoms with Crippen molar-refractivity contribution in [1.82, 2.24) is 0 Å². The Balaban J connectivity index is 1.22. The molecule has 0 atom stereocenters. The number of unbranched alkanes of at least 4 members (excludes halogenated alkanes) is 28. The van der Waals surface area contributed by atoms with E-state index in [2.05, 4.69) is 23.8 Å². The van der Waals surface area contributed by atoms with Crippen molar-refractivity contribution in [2.75, 3.05) is 0 Å². The average Bonchev–Trinajstić information content (AvgIpc) is 3.28. The molecule has 0 N–H and O–H groups in total. The molecule has 342 valence electrons. The third-order valence-corrected chi connectivity index (χ3v) is 11.7. The van der Waals surface area contributed by atoms with Gasteiger partial charge in [0.2, 0.25) is 0 Å². The fourth-order valence-corrected chi connectivity index (χ4v) is 7.84. The Kier molecular flexibility index (Phi) is 30.7. The quantitative estimate of drug-likeness (QED) is 0.0249. The standard InChI is InChI=1S/C56H84N2O4/c1-3-5-7-9-11-13-15-17-19-21-23-25-27-29-31-36-55(59)61-53-42-38-49(39-43-53)47-57-51-34-33-35-52(46-51)58-48-50-40-44-54(45-41-50)62-56(60)37-32-30-28-26-24-22-20-18-16-14-12-10-8-6-4-2/h33-35,38-48H,3-32,36-37H2,1-2H3. The van der Waals surface area contributed by atoms with Gasteiger partial charge in [-0.2, -0.15) is 0 Å². The maximum Gasteiger partial charge on any atom is 0.311 e. The second kappa shape index (κ2) is 36.4. The summed E-state index contributed by atoms with van der Waals surface area (Å²) in [6.07, 6.45) is 43.7. The van der Waals surface area contributed by atoms with E-state index in [9.17, 15) is 9.59 Å². The number of benzene rings is 3. The highest BCUT2D eigenvalue weighted by atomic mass is 16.5. The molecule has 0 bridgehead atoms. The molecule has 0 heterocycles. The first-order valence-corrected chi connectivity index (χ1v) is 25.4. The number of esters is 2. The molecule has 0 unspecified atom stereocenters. The normalized spacial score (nSPS) is 11.5. The SMILES string of the molecule is CCCCCCCCCCCCCCCCCC(=O)Oc1ccc(C=Nc2cccc(N=Cc3ccc(OC(=O)CCCCCCCCCCCCCCCCC)cc3)c2)cc1. The van der Waals surface area contributed by atoms with Crippen LogP contribution in [-0.2, 0) is 9.59 Å². The zero-order valence-corrected chi connectivity index (χ0v) is 39.2. The Hall–Kier alpha value is -4.06. The maximum atomic E-state index is 12.4. The van der Waals surface area contributed by atoms with Crippen LogP contribution in [0.15, 0.2) is 82.8 Å². The van der Waals surface area contributed by atoms with Crippen molar-refractivity contribution in [2.24, 2.45) is 9.98 Å². The molecule has 0 fully saturated rings. The fourth-order valence-electron chi connectivity index (χ4n) is 7.84. The van der Waals surface area contributed by atoms with E-state index < -0.39 is 0 Å². The lowest BCUT2D eigenvalue weighted by Crippen LogP contribution is -2.07. The molecule has 0 amide bonds. The van der Waals surface area contributed by atoms with Gasteiger partial charge in [0.1, 0.15) is 11.5 Å². The highest BCUT2D eigenvalue weighted by Gasteiger charge is 2.07. The van der Waals surface area contributed by atoms with E-state index in [-0.39, 0.29) is 11.9 Å². The summed E-state index contributed by atoms with van der Waals surface area (Å²) in [5.41, 5.74) is 3.40. The first-order chi connectivity index (χ1) is 30.6. The van der Waals surface area contributed by atoms with Gasteiger partial charge in [0.05, 0.1) is 11.4 Å². The zero-order valence-electron chi connectivity index (χ0n) is 39.2. The summed E-state index contributed by atoms with van der Waals surface area (Å²) >= 11 is 0. The van der Waals surface area contributed by atoms with Crippen LogP contribution in [0.4, 0.5) is 11.4 Å². The molecule has 0 saturated carbocycles. The monoisotopic (exact) mass is 849 g/mol. The molecule has 0 saturated heterocycles. The minimum atomic E-state index is -0.168. The van der Waals surface area contributed by atoms with Gasteiger partial charge < -0.3 is 9.47 Å². The molecule has 3 aromatic carbocycles. The lowest BCUT2D eigenvalue weighted by molar-refractivity contribution is -0.135. The molecule has 0 aromatic heterocycles. The topological polar surface area (TPSA) is 77.3 Å². The largest absolute Gasteiger partial charge is 0.427 e. The minimum absolute atomic E-state index is 0.168. The summed E-state index contributed by atoms with van der Waals surface area (Å²) in [6.45, 7) is 4.55. The Morgan fingerprint density at radius 1 is 0.387 bits per heavy atom. The van der Waals surface area contributed by atoms with E-state index in [1.165, 1.54) is 167 Å². The molecular formula is C56H84N2O4. The van der Waals surface area contributed by atoms with Crippen LogP contribution in [0.25, 0.3) is 0 Å². The van der Waals surface area contributed by atoms with Gasteiger partial charge in [0, 0.05) is 25.3 Å². The molecule has 62 heavy (non-hydrogen) atoms. The van der Waals surface area contributed by atoms with Gasteiger partial charge >= 0.3 is 11.9 Å². The van der Waals surface area contributed by atoms with Gasteiger partial charge in [0.15, 0.2) is 0 Å². The molecule has 6 nitrogen and oxygen atoms in total. The first-order valence-electron chi connectivity index (χ1n) is 25.4. The van der Waals surface area contributed by atoms with Gasteiger partial charge in [-0.3, -0.25) is 19.6 Å². The summed E-state index contributed by atoms with van der Waals surface area (Å²) in [6, 6.07) is 22.6. The molecule has 0 radical (unpaired) electrons. The third-order valence-electron chi connectivity index (χ3n) is 11.7. The van der Waals surface area contributed by atoms with Gasteiger partial charge in [-0.25, -0.2) is 0 Å². The minimum Gasteiger partial charge on any atom is -0.427 e. The number of carbonyl (C=O) groups is 2. The van der Waals surface area contributed by atoms with E-state index in [1.54, 1.807) is 12.4 Å². The molecule has 0 aliphatic rings. The fraction of sp³-hybridized carbons (Fsp3) is 0.607. The van der Waals surface area contributed by atoms with Crippen molar-refractivity contribution in [3.63, 3.8) is 0 Å². The number of carbonyl (C=O) groups excluding carboxylic acids is 2. The molecule has 0 spiro atoms. The Labute approximate surface area is 378 Å². The molecule has 0 aliphatic heterocycles. The van der Waals surface area contributed by atoms with Crippen LogP contribution in [0.2, 0.25) is 0 Å². The third kappa shape index (κ3) is 27.8. The van der Waals surface area contributed by atoms with E-state index in [1.807, 2.05) is 72.8 Å². The average molecular weight is 849 g/mol. The van der Waals surface area contributed by atoms with Crippen LogP contribution in [0.1, 0.15) is 230 Å². The lowest BCUT2D eigenvalue weighted by atomic mass is 10.0. The van der Waals surface area contributed by atoms with E-state index in [0.717, 1.165) is 48.2 Å². The van der Waals surface area contributed by atoms with E-state index >= 15 is 0 Å². The molecule has 3 aromatic rings. The Bertz CT molecular complexity index is 1500. The number of nitrogens with zero attached hydrogens (tertiary/aromatic N) is 2. The van der Waals surface area contributed by atoms with Crippen LogP contribution < -0.4 is 9.47 Å². The summed E-state index contributed by atoms with van der Waals surface area (Å²) in [5, 5.41) is 0. The summed E-state index contributed by atoms with van der Waals surface area (Å²) in [4.78, 5) is 34.1. The predicted octanol–water partition coefficient (Wildman–Crippen LogP) is 17.5. The van der Waals surface area contributed by atoms with Crippen molar-refractivity contribution in [3.8, 4) is 11.5 Å². The lowest BCUT2D eigenvalue weighted by Gasteiger charge is -2.05. The highest BCUT2D eigenvalue weighted by Crippen LogP contribution is 2.22. The van der Waals surface area contributed by atoms with Gasteiger partial charge in [0.25, 0.3) is 0 Å². The van der Waals surface area contributed by atoms with Gasteiger partial charge in [-0.1, -0.05) is 200 Å². The van der Waals surface area contributed by atoms with Crippen molar-refractivity contribution in [3.05, 3.63) is 83.9 Å². The summed E-state index contributed by atoms with van der Waals surface area (Å²) in [7, 11) is 0. The number of rotatable bonds is 38. The van der Waals surface area contributed by atoms with Crippen molar-refractivity contribution < 1.29 is 19.1 Å². The van der Waals surface area contributed by atoms with Crippen LogP contribution >= 0.6 is 0 Å². The van der Waals surface area contributed by atoms with Crippen molar-refractivity contribution in [1.29, 1.82) is 0 Å². The van der Waals surface area contributed by atoms with Gasteiger partial charge in [-0.05, 0) is 90.7 Å². The maximum absolute atomic E-state index is 12.4. The molecule has 6 heteroatoms. The summed E-state index contributed by atoms with van der Waals surface area (Å²) < 4.78 is 11.2. The Morgan fingerprint density at radius 3 is 0.952 bits per heavy atom. The number of hydrogen-bond acceptors (Lipinski definition) is 6. The van der Waals surface area contributed by atoms with Crippen LogP contribution in [0.5, 0.6) is 11.5 Å². The number of ether oxygens (including phenoxy) is 2. The second-order valence-electron chi connectivity index (χ2n) is 17.5. The molecule has 3 rings (SSSR count). The van der Waals surface area contributed by atoms with Gasteiger partial charge in [-0.15, -0.1) is 0 Å². The van der Waals surface area contributed by atoms with Crippen LogP contribution in [0.3, 0.4) is 0 Å². The molecular weight excluding hydrogens is 765 g/mol. The van der Waals surface area contributed by atoms with E-state index in [0.29, 0.717) is 24.3 Å². The van der Waals surface area contributed by atoms with Crippen LogP contribution in [0, 0.1) is 0 Å². The van der Waals surface area contributed by atoms with Crippen molar-refractivity contribution >= 4 is 35.7 Å². The summed E-state index contributed by atoms with van der Waals surface area (Å²) in [5.74, 6) is 0.786. The smallest absolute Gasteiger partial charge is 0.311 e. The molecule has 0 aliphatic carbocycles. The second-order valence-corrected chi connectivity index (χ2v) is 17.5. The Morgan fingerprint density at radius 2 is 0.661 bits per heavy atom. The predicted molar refractivity (Wildman–Crippen MR) is 264 cm³/mol. The number of aliphatic imine (C=N–C) groups is 2. The van der Waals surface area contributed by atoms with Crippen LogP contribution in [-0.4, -0.2) is 24.4 Å². The van der Waals surface area contributed by atoms with E-state index in [4.69, 9.17) is 9.47 Å².